The molecule has 0 unspecified atom stereocenters. The smallest absolute Gasteiger partial charge is 0.237 e. The van der Waals surface area contributed by atoms with E-state index in [9.17, 15) is 32.4 Å². The zero-order valence-corrected chi connectivity index (χ0v) is 38.1. The van der Waals surface area contributed by atoms with Crippen LogP contribution in [-0.4, -0.2) is 131 Å². The third kappa shape index (κ3) is 14.1. The van der Waals surface area contributed by atoms with Crippen LogP contribution in [0.4, 0.5) is 5.69 Å². The van der Waals surface area contributed by atoms with Gasteiger partial charge in [-0.05, 0) is 68.8 Å². The Labute approximate surface area is 348 Å². The average Bonchev–Trinajstić information content (AvgIpc) is 3.62. The molecular formula is C43H73N5O9S. The number of carbonyl (C=O) groups is 5. The molecule has 0 spiro atoms. The molecule has 3 amide bonds. The number of sulfonamides is 1. The van der Waals surface area contributed by atoms with Crippen LogP contribution < -0.4 is 10.5 Å². The van der Waals surface area contributed by atoms with Crippen molar-refractivity contribution in [2.24, 2.45) is 35.5 Å². The van der Waals surface area contributed by atoms with E-state index in [1.807, 2.05) is 65.3 Å². The molecule has 0 radical (unpaired) electrons. The van der Waals surface area contributed by atoms with Crippen LogP contribution in [0.3, 0.4) is 0 Å². The number of benzene rings is 1. The normalized spacial score (nSPS) is 19.0. The van der Waals surface area contributed by atoms with E-state index in [0.717, 1.165) is 12.7 Å². The van der Waals surface area contributed by atoms with E-state index in [1.165, 1.54) is 7.11 Å². The number of anilines is 1. The second-order valence-electron chi connectivity index (χ2n) is 17.3. The van der Waals surface area contributed by atoms with Crippen LogP contribution in [0, 0.1) is 35.5 Å². The van der Waals surface area contributed by atoms with Crippen LogP contribution >= 0.6 is 0 Å². The van der Waals surface area contributed by atoms with Gasteiger partial charge in [0.05, 0.1) is 43.0 Å². The molecule has 15 heteroatoms. The lowest BCUT2D eigenvalue weighted by Crippen LogP contribution is -2.54. The number of nitrogens with two attached hydrogens (primary N) is 1. The highest BCUT2D eigenvalue weighted by atomic mass is 32.2. The maximum Gasteiger partial charge on any atom is 0.237 e. The molecule has 1 aromatic rings. The first kappa shape index (κ1) is 50.7. The standard InChI is InChI=1S/C43H73N5O9S/c1-14-28(6)40(47(10)43(53)33(26(2)3)24-36(50)39(27(4)5)46(8)9)37(56-11)25-38(51)48-21-15-16-34(48)41(57-12)29(7)35(49)23-31(42(52)45-58(13,54)55)22-30-17-19-32(44)20-18-30/h17-20,26-29,31,33-34,37,39-41H,14-16,21-25,44H2,1-13H3,(H,45,52)/t28-,29-,31+,33-,34-,37+,39-,40-,41+/m0/s1. The largest absolute Gasteiger partial charge is 0.399 e. The van der Waals surface area contributed by atoms with E-state index in [0.29, 0.717) is 30.6 Å². The molecule has 2 rings (SSSR count). The highest BCUT2D eigenvalue weighted by molar-refractivity contribution is 7.89. The lowest BCUT2D eigenvalue weighted by Gasteiger charge is -2.41. The highest BCUT2D eigenvalue weighted by Gasteiger charge is 2.43. The number of nitrogens with zero attached hydrogens (tertiary/aromatic N) is 3. The van der Waals surface area contributed by atoms with Gasteiger partial charge in [-0.3, -0.25) is 33.6 Å². The number of amides is 3. The fraction of sp³-hybridized carbons (Fsp3) is 0.744. The Bertz CT molecular complexity index is 1630. The van der Waals surface area contributed by atoms with Crippen LogP contribution in [0.15, 0.2) is 24.3 Å². The van der Waals surface area contributed by atoms with Crippen LogP contribution in [0.5, 0.6) is 0 Å². The Balaban J connectivity index is 2.33. The molecule has 0 saturated carbocycles. The van der Waals surface area contributed by atoms with Crippen molar-refractivity contribution in [1.29, 1.82) is 0 Å². The number of nitrogen functional groups attached to an aromatic ring is 1. The van der Waals surface area contributed by atoms with Crippen LogP contribution in [0.2, 0.25) is 0 Å². The SMILES string of the molecule is CC[C@H](C)[C@@H]([C@@H](CC(=O)N1CCC[C@H]1[C@H](OC)[C@@H](C)C(=O)C[C@@H](Cc1ccc(N)cc1)C(=O)NS(C)(=O)=O)OC)N(C)C(=O)[C@@H](CC(=O)[C@H](C(C)C)N(C)C)C(C)C. The van der Waals surface area contributed by atoms with Gasteiger partial charge < -0.3 is 25.0 Å². The lowest BCUT2D eigenvalue weighted by molar-refractivity contribution is -0.149. The van der Waals surface area contributed by atoms with Gasteiger partial charge in [-0.15, -0.1) is 0 Å². The van der Waals surface area contributed by atoms with E-state index in [4.69, 9.17) is 15.2 Å². The van der Waals surface area contributed by atoms with E-state index in [1.54, 1.807) is 55.1 Å². The van der Waals surface area contributed by atoms with E-state index in [2.05, 4.69) is 0 Å². The number of ether oxygens (including phenoxy) is 2. The molecular weight excluding hydrogens is 763 g/mol. The number of ketones is 2. The Kier molecular flexibility index (Phi) is 20.0. The molecule has 14 nitrogen and oxygen atoms in total. The molecule has 1 aliphatic heterocycles. The monoisotopic (exact) mass is 836 g/mol. The number of likely N-dealkylation sites (N-methyl/N-ethyl adjacent to an activating group) is 2. The van der Waals surface area contributed by atoms with Crippen molar-refractivity contribution in [3.63, 3.8) is 0 Å². The van der Waals surface area contributed by atoms with Gasteiger partial charge in [0.1, 0.15) is 5.78 Å². The Morgan fingerprint density at radius 1 is 0.897 bits per heavy atom. The van der Waals surface area contributed by atoms with Gasteiger partial charge in [0, 0.05) is 64.1 Å². The van der Waals surface area contributed by atoms with Crippen molar-refractivity contribution in [3.8, 4) is 0 Å². The molecule has 1 heterocycles. The minimum Gasteiger partial charge on any atom is -0.399 e. The minimum absolute atomic E-state index is 0.0188. The van der Waals surface area contributed by atoms with Gasteiger partial charge in [0.2, 0.25) is 27.7 Å². The van der Waals surface area contributed by atoms with Crippen molar-refractivity contribution in [3.05, 3.63) is 29.8 Å². The summed E-state index contributed by atoms with van der Waals surface area (Å²) in [5.74, 6) is -3.74. The summed E-state index contributed by atoms with van der Waals surface area (Å²) in [6.45, 7) is 14.1. The van der Waals surface area contributed by atoms with E-state index in [-0.39, 0.29) is 72.9 Å². The molecule has 58 heavy (non-hydrogen) atoms. The number of methoxy groups -OCH3 is 2. The van der Waals surface area contributed by atoms with Crippen molar-refractivity contribution in [2.75, 3.05) is 53.9 Å². The number of hydrogen-bond acceptors (Lipinski definition) is 11. The Morgan fingerprint density at radius 2 is 1.50 bits per heavy atom. The molecule has 330 valence electrons. The fourth-order valence-corrected chi connectivity index (χ4v) is 9.23. The average molecular weight is 836 g/mol. The predicted octanol–water partition coefficient (Wildman–Crippen LogP) is 4.20. The van der Waals surface area contributed by atoms with E-state index >= 15 is 0 Å². The molecule has 1 fully saturated rings. The first-order valence-electron chi connectivity index (χ1n) is 20.7. The van der Waals surface area contributed by atoms with Crippen LogP contribution in [0.1, 0.15) is 92.6 Å². The van der Waals surface area contributed by atoms with Crippen LogP contribution in [0.25, 0.3) is 0 Å². The molecule has 0 bridgehead atoms. The first-order chi connectivity index (χ1) is 27.0. The quantitative estimate of drug-likeness (QED) is 0.142. The maximum absolute atomic E-state index is 14.3. The molecule has 0 aliphatic carbocycles. The van der Waals surface area contributed by atoms with Crippen molar-refractivity contribution >= 4 is 45.0 Å². The number of Topliss-reactive ketones (excluding diaryl/α,β-unsaturated/α-hetero) is 2. The van der Waals surface area contributed by atoms with Gasteiger partial charge in [0.25, 0.3) is 0 Å². The number of rotatable bonds is 24. The van der Waals surface area contributed by atoms with Gasteiger partial charge >= 0.3 is 0 Å². The van der Waals surface area contributed by atoms with Gasteiger partial charge in [0.15, 0.2) is 5.78 Å². The summed E-state index contributed by atoms with van der Waals surface area (Å²) in [5.41, 5.74) is 7.07. The second kappa shape index (κ2) is 22.8. The zero-order chi connectivity index (χ0) is 44.2. The summed E-state index contributed by atoms with van der Waals surface area (Å²) in [7, 11) is 4.65. The summed E-state index contributed by atoms with van der Waals surface area (Å²) in [6.07, 6.45) is 1.48. The second-order valence-corrected chi connectivity index (χ2v) is 19.1. The topological polar surface area (TPSA) is 186 Å². The summed E-state index contributed by atoms with van der Waals surface area (Å²) >= 11 is 0. The number of likely N-dealkylation sites (tertiary alicyclic amines) is 1. The van der Waals surface area contributed by atoms with Crippen LogP contribution in [-0.2, 0) is 49.9 Å². The van der Waals surface area contributed by atoms with Gasteiger partial charge in [-0.1, -0.05) is 67.0 Å². The summed E-state index contributed by atoms with van der Waals surface area (Å²) < 4.78 is 38.0. The van der Waals surface area contributed by atoms with Gasteiger partial charge in [-0.25, -0.2) is 8.42 Å². The molecule has 9 atom stereocenters. The molecule has 0 aromatic heterocycles. The molecule has 1 aliphatic rings. The Morgan fingerprint density at radius 3 is 1.98 bits per heavy atom. The number of nitrogens with one attached hydrogen (secondary N) is 1. The number of carbonyl (C=O) groups excluding carboxylic acids is 5. The number of hydrogen-bond donors (Lipinski definition) is 2. The summed E-state index contributed by atoms with van der Waals surface area (Å²) in [6, 6.07) is 5.58. The Hall–Kier alpha value is -3.40. The summed E-state index contributed by atoms with van der Waals surface area (Å²) in [4.78, 5) is 74.6. The van der Waals surface area contributed by atoms with Gasteiger partial charge in [-0.2, -0.15) is 0 Å². The highest BCUT2D eigenvalue weighted by Crippen LogP contribution is 2.32. The van der Waals surface area contributed by atoms with Crippen molar-refractivity contribution < 1.29 is 41.9 Å². The molecule has 1 saturated heterocycles. The minimum atomic E-state index is -3.88. The van der Waals surface area contributed by atoms with Crippen molar-refractivity contribution in [2.45, 2.75) is 124 Å². The van der Waals surface area contributed by atoms with Crippen molar-refractivity contribution in [1.82, 2.24) is 19.4 Å². The predicted molar refractivity (Wildman–Crippen MR) is 227 cm³/mol. The first-order valence-corrected chi connectivity index (χ1v) is 22.6. The third-order valence-corrected chi connectivity index (χ3v) is 12.6. The summed E-state index contributed by atoms with van der Waals surface area (Å²) in [5, 5.41) is 0. The van der Waals surface area contributed by atoms with E-state index < -0.39 is 58.0 Å². The lowest BCUT2D eigenvalue weighted by atomic mass is 9.83. The molecule has 3 N–H and O–H groups in total. The molecule has 1 aromatic carbocycles. The third-order valence-electron chi connectivity index (χ3n) is 12.0. The zero-order valence-electron chi connectivity index (χ0n) is 37.3. The maximum atomic E-state index is 14.3. The fourth-order valence-electron chi connectivity index (χ4n) is 8.69.